The van der Waals surface area contributed by atoms with Crippen LogP contribution in [0.5, 0.6) is 0 Å². The number of alkyl halides is 3. The quantitative estimate of drug-likeness (QED) is 0.265. The Morgan fingerprint density at radius 3 is 2.32 bits per heavy atom. The van der Waals surface area contributed by atoms with Crippen molar-refractivity contribution in [3.63, 3.8) is 0 Å². The van der Waals surface area contributed by atoms with Crippen molar-refractivity contribution in [3.8, 4) is 0 Å². The number of hydrogen-bond donors (Lipinski definition) is 2. The zero-order chi connectivity index (χ0) is 20.5. The van der Waals surface area contributed by atoms with Gasteiger partial charge in [-0.1, -0.05) is 13.3 Å². The summed E-state index contributed by atoms with van der Waals surface area (Å²) in [6, 6.07) is 0. The molecule has 1 rings (SSSR count). The zero-order valence-corrected chi connectivity index (χ0v) is 19.9. The van der Waals surface area contributed by atoms with Crippen LogP contribution in [0.3, 0.4) is 0 Å². The maximum absolute atomic E-state index is 12.6. The molecule has 1 aliphatic rings. The summed E-state index contributed by atoms with van der Waals surface area (Å²) in [6.07, 6.45) is 3.09. The Hall–Kier alpha value is -0.340. The molecule has 0 bridgehead atoms. The van der Waals surface area contributed by atoms with Crippen LogP contribution in [0.1, 0.15) is 32.6 Å². The van der Waals surface area contributed by atoms with Gasteiger partial charge in [-0.15, -0.1) is 24.0 Å². The van der Waals surface area contributed by atoms with Crippen molar-refractivity contribution in [2.75, 3.05) is 53.4 Å². The Kier molecular flexibility index (Phi) is 12.9. The molecular weight excluding hydrogens is 510 g/mol. The first-order valence-corrected chi connectivity index (χ1v) is 10.7. The molecule has 0 spiro atoms. The van der Waals surface area contributed by atoms with Gasteiger partial charge in [0.25, 0.3) is 0 Å². The van der Waals surface area contributed by atoms with Crippen LogP contribution in [0.15, 0.2) is 4.99 Å². The Morgan fingerprint density at radius 1 is 1.21 bits per heavy atom. The predicted molar refractivity (Wildman–Crippen MR) is 116 cm³/mol. The number of unbranched alkanes of at least 4 members (excludes halogenated alkanes) is 1. The molecule has 0 unspecified atom stereocenters. The van der Waals surface area contributed by atoms with E-state index in [-0.39, 0.29) is 43.0 Å². The van der Waals surface area contributed by atoms with E-state index in [4.69, 9.17) is 0 Å². The zero-order valence-electron chi connectivity index (χ0n) is 16.8. The van der Waals surface area contributed by atoms with Crippen LogP contribution in [-0.2, 0) is 10.0 Å². The molecule has 1 heterocycles. The molecule has 2 N–H and O–H groups in total. The summed E-state index contributed by atoms with van der Waals surface area (Å²) in [5.41, 5.74) is -5.23. The first-order valence-electron chi connectivity index (χ1n) is 9.31. The lowest BCUT2D eigenvalue weighted by molar-refractivity contribution is -0.0496. The number of piperidine rings is 1. The molecule has 0 aromatic heterocycles. The number of rotatable bonds is 9. The fourth-order valence-electron chi connectivity index (χ4n) is 2.87. The summed E-state index contributed by atoms with van der Waals surface area (Å²) in [5.74, 6) is 0.750. The third kappa shape index (κ3) is 8.99. The summed E-state index contributed by atoms with van der Waals surface area (Å²) in [5, 5.41) is 6.38. The molecule has 1 aliphatic heterocycles. The SMILES string of the molecule is CCCCN(C)CCNC(=NC)NCC1CCN(S(=O)(=O)C(F)(F)F)CC1.I. The summed E-state index contributed by atoms with van der Waals surface area (Å²) in [4.78, 5) is 6.38. The van der Waals surface area contributed by atoms with Crippen LogP contribution < -0.4 is 10.6 Å². The van der Waals surface area contributed by atoms with E-state index in [2.05, 4.69) is 34.5 Å². The fourth-order valence-corrected chi connectivity index (χ4v) is 3.85. The molecule has 1 fully saturated rings. The standard InChI is InChI=1S/C16H32F3N5O2S.HI/c1-4-5-9-23(3)12-8-21-15(20-2)22-13-14-6-10-24(11-7-14)27(25,26)16(17,18)19;/h14H,4-13H2,1-3H3,(H2,20,21,22);1H. The minimum atomic E-state index is -5.23. The van der Waals surface area contributed by atoms with Gasteiger partial charge >= 0.3 is 15.5 Å². The normalized spacial score (nSPS) is 17.5. The highest BCUT2D eigenvalue weighted by Gasteiger charge is 2.50. The third-order valence-electron chi connectivity index (χ3n) is 4.67. The van der Waals surface area contributed by atoms with E-state index in [0.717, 1.165) is 32.5 Å². The van der Waals surface area contributed by atoms with Crippen LogP contribution in [0, 0.1) is 5.92 Å². The van der Waals surface area contributed by atoms with Crippen molar-refractivity contribution in [2.24, 2.45) is 10.9 Å². The first-order chi connectivity index (χ1) is 12.6. The maximum Gasteiger partial charge on any atom is 0.511 e. The Balaban J connectivity index is 0.00000729. The second-order valence-corrected chi connectivity index (χ2v) is 8.76. The number of sulfonamides is 1. The molecule has 12 heteroatoms. The number of hydrogen-bond acceptors (Lipinski definition) is 4. The second kappa shape index (κ2) is 13.1. The lowest BCUT2D eigenvalue weighted by atomic mass is 9.98. The molecule has 0 radical (unpaired) electrons. The van der Waals surface area contributed by atoms with E-state index in [1.165, 1.54) is 0 Å². The molecule has 0 amide bonds. The van der Waals surface area contributed by atoms with Gasteiger partial charge in [0.2, 0.25) is 0 Å². The van der Waals surface area contributed by atoms with E-state index >= 15 is 0 Å². The van der Waals surface area contributed by atoms with Crippen molar-refractivity contribution >= 4 is 40.0 Å². The van der Waals surface area contributed by atoms with E-state index in [0.29, 0.717) is 29.7 Å². The van der Waals surface area contributed by atoms with Crippen LogP contribution >= 0.6 is 24.0 Å². The van der Waals surface area contributed by atoms with E-state index in [1.807, 2.05) is 0 Å². The van der Waals surface area contributed by atoms with Crippen molar-refractivity contribution in [3.05, 3.63) is 0 Å². The van der Waals surface area contributed by atoms with Crippen molar-refractivity contribution < 1.29 is 21.6 Å². The highest BCUT2D eigenvalue weighted by molar-refractivity contribution is 14.0. The third-order valence-corrected chi connectivity index (χ3v) is 6.30. The number of nitrogens with zero attached hydrogens (tertiary/aromatic N) is 3. The number of aliphatic imine (C=N–C) groups is 1. The topological polar surface area (TPSA) is 77.0 Å². The van der Waals surface area contributed by atoms with Crippen LogP contribution in [-0.4, -0.2) is 82.5 Å². The summed E-state index contributed by atoms with van der Waals surface area (Å²) >= 11 is 0. The lowest BCUT2D eigenvalue weighted by Crippen LogP contribution is -2.47. The van der Waals surface area contributed by atoms with Crippen molar-refractivity contribution in [1.82, 2.24) is 19.8 Å². The van der Waals surface area contributed by atoms with Gasteiger partial charge < -0.3 is 15.5 Å². The lowest BCUT2D eigenvalue weighted by Gasteiger charge is -2.31. The highest BCUT2D eigenvalue weighted by atomic mass is 127. The average Bonchev–Trinajstić information content (AvgIpc) is 2.62. The number of likely N-dealkylation sites (N-methyl/N-ethyl adjacent to an activating group) is 1. The Bertz CT molecular complexity index is 567. The molecule has 28 heavy (non-hydrogen) atoms. The van der Waals surface area contributed by atoms with Gasteiger partial charge in [0.1, 0.15) is 0 Å². The molecule has 0 atom stereocenters. The minimum Gasteiger partial charge on any atom is -0.356 e. The van der Waals surface area contributed by atoms with Gasteiger partial charge in [-0.3, -0.25) is 4.99 Å². The maximum atomic E-state index is 12.6. The first kappa shape index (κ1) is 27.7. The summed E-state index contributed by atoms with van der Waals surface area (Å²) in [7, 11) is -1.49. The largest absolute Gasteiger partial charge is 0.511 e. The summed E-state index contributed by atoms with van der Waals surface area (Å²) < 4.78 is 61.1. The fraction of sp³-hybridized carbons (Fsp3) is 0.938. The van der Waals surface area contributed by atoms with Gasteiger partial charge in [0, 0.05) is 39.8 Å². The van der Waals surface area contributed by atoms with Gasteiger partial charge in [0.15, 0.2) is 5.96 Å². The summed E-state index contributed by atoms with van der Waals surface area (Å²) in [6.45, 7) is 5.15. The van der Waals surface area contributed by atoms with Gasteiger partial charge in [-0.05, 0) is 38.8 Å². The van der Waals surface area contributed by atoms with E-state index in [1.54, 1.807) is 7.05 Å². The van der Waals surface area contributed by atoms with Gasteiger partial charge in [-0.25, -0.2) is 8.42 Å². The van der Waals surface area contributed by atoms with Crippen LogP contribution in [0.2, 0.25) is 0 Å². The number of guanidine groups is 1. The Labute approximate surface area is 183 Å². The van der Waals surface area contributed by atoms with Crippen molar-refractivity contribution in [1.29, 1.82) is 0 Å². The average molecular weight is 543 g/mol. The van der Waals surface area contributed by atoms with Crippen LogP contribution in [0.25, 0.3) is 0 Å². The number of halogens is 4. The smallest absolute Gasteiger partial charge is 0.356 e. The number of nitrogens with one attached hydrogen (secondary N) is 2. The molecule has 1 saturated heterocycles. The van der Waals surface area contributed by atoms with Crippen molar-refractivity contribution in [2.45, 2.75) is 38.1 Å². The molecule has 0 aromatic rings. The molecule has 0 aliphatic carbocycles. The predicted octanol–water partition coefficient (Wildman–Crippen LogP) is 2.06. The molecule has 168 valence electrons. The van der Waals surface area contributed by atoms with Gasteiger partial charge in [-0.2, -0.15) is 17.5 Å². The van der Waals surface area contributed by atoms with E-state index in [9.17, 15) is 21.6 Å². The monoisotopic (exact) mass is 543 g/mol. The second-order valence-electron chi connectivity index (χ2n) is 6.83. The van der Waals surface area contributed by atoms with Crippen LogP contribution in [0.4, 0.5) is 13.2 Å². The highest BCUT2D eigenvalue weighted by Crippen LogP contribution is 2.30. The minimum absolute atomic E-state index is 0. The Morgan fingerprint density at radius 2 is 1.82 bits per heavy atom. The molecule has 0 aromatic carbocycles. The molecule has 7 nitrogen and oxygen atoms in total. The van der Waals surface area contributed by atoms with E-state index < -0.39 is 15.5 Å². The van der Waals surface area contributed by atoms with Gasteiger partial charge in [0.05, 0.1) is 0 Å². The molecular formula is C16H33F3IN5O2S. The molecule has 0 saturated carbocycles.